The normalized spacial score (nSPS) is 10.2. The van der Waals surface area contributed by atoms with Gasteiger partial charge in [-0.05, 0) is 23.8 Å². The predicted molar refractivity (Wildman–Crippen MR) is 112 cm³/mol. The van der Waals surface area contributed by atoms with Crippen LogP contribution in [0.4, 0.5) is 0 Å². The minimum Gasteiger partial charge on any atom is -0.496 e. The zero-order chi connectivity index (χ0) is 21.2. The fourth-order valence-electron chi connectivity index (χ4n) is 2.80. The molecule has 3 rings (SSSR count). The fourth-order valence-corrected chi connectivity index (χ4v) is 2.80. The van der Waals surface area contributed by atoms with E-state index in [1.807, 2.05) is 54.6 Å². The highest BCUT2D eigenvalue weighted by molar-refractivity contribution is 5.94. The number of ether oxygens (including phenoxy) is 3. The molecule has 0 aromatic heterocycles. The van der Waals surface area contributed by atoms with Crippen LogP contribution in [0, 0.1) is 0 Å². The number of hydrogen-bond acceptors (Lipinski definition) is 5. The van der Waals surface area contributed by atoms with Gasteiger partial charge in [0.2, 0.25) is 0 Å². The molecule has 30 heavy (non-hydrogen) atoms. The smallest absolute Gasteiger partial charge is 0.342 e. The van der Waals surface area contributed by atoms with Crippen molar-refractivity contribution in [1.82, 2.24) is 5.32 Å². The number of para-hydroxylation sites is 2. The van der Waals surface area contributed by atoms with E-state index < -0.39 is 11.9 Å². The zero-order valence-corrected chi connectivity index (χ0v) is 16.7. The third-order valence-electron chi connectivity index (χ3n) is 4.35. The number of amides is 1. The molecule has 154 valence electrons. The van der Waals surface area contributed by atoms with E-state index in [1.165, 1.54) is 0 Å². The van der Waals surface area contributed by atoms with Crippen LogP contribution < -0.4 is 14.8 Å². The molecule has 3 aromatic rings. The number of carbonyl (C=O) groups is 2. The lowest BCUT2D eigenvalue weighted by Gasteiger charge is -2.12. The first kappa shape index (κ1) is 20.9. The van der Waals surface area contributed by atoms with Crippen molar-refractivity contribution in [2.75, 3.05) is 13.7 Å². The SMILES string of the molecule is COc1ccccc1CNC(=O)COC(=O)c1ccccc1OCc1ccccc1. The van der Waals surface area contributed by atoms with Crippen LogP contribution in [0.3, 0.4) is 0 Å². The largest absolute Gasteiger partial charge is 0.496 e. The number of esters is 1. The molecule has 1 N–H and O–H groups in total. The van der Waals surface area contributed by atoms with Crippen LogP contribution in [0.2, 0.25) is 0 Å². The van der Waals surface area contributed by atoms with Crippen LogP contribution in [0.1, 0.15) is 21.5 Å². The summed E-state index contributed by atoms with van der Waals surface area (Å²) in [6.07, 6.45) is 0. The molecule has 0 bridgehead atoms. The molecule has 3 aromatic carbocycles. The van der Waals surface area contributed by atoms with Crippen LogP contribution in [0.25, 0.3) is 0 Å². The van der Waals surface area contributed by atoms with Crippen LogP contribution >= 0.6 is 0 Å². The van der Waals surface area contributed by atoms with E-state index in [-0.39, 0.29) is 18.7 Å². The fraction of sp³-hybridized carbons (Fsp3) is 0.167. The lowest BCUT2D eigenvalue weighted by molar-refractivity contribution is -0.124. The van der Waals surface area contributed by atoms with Gasteiger partial charge in [-0.3, -0.25) is 4.79 Å². The summed E-state index contributed by atoms with van der Waals surface area (Å²) in [5.74, 6) is 0.0584. The van der Waals surface area contributed by atoms with E-state index in [0.717, 1.165) is 11.1 Å². The quantitative estimate of drug-likeness (QED) is 0.549. The Labute approximate surface area is 175 Å². The van der Waals surface area contributed by atoms with Gasteiger partial charge in [0.15, 0.2) is 6.61 Å². The molecular weight excluding hydrogens is 382 g/mol. The Bertz CT molecular complexity index is 988. The van der Waals surface area contributed by atoms with Gasteiger partial charge in [0, 0.05) is 12.1 Å². The van der Waals surface area contributed by atoms with Gasteiger partial charge in [-0.2, -0.15) is 0 Å². The number of rotatable bonds is 9. The van der Waals surface area contributed by atoms with E-state index in [0.29, 0.717) is 18.1 Å². The molecule has 0 radical (unpaired) electrons. The topological polar surface area (TPSA) is 73.9 Å². The second-order valence-electron chi connectivity index (χ2n) is 6.44. The molecule has 0 atom stereocenters. The number of carbonyl (C=O) groups excluding carboxylic acids is 2. The van der Waals surface area contributed by atoms with E-state index in [1.54, 1.807) is 31.4 Å². The predicted octanol–water partition coefficient (Wildman–Crippen LogP) is 3.75. The second kappa shape index (κ2) is 10.7. The maximum atomic E-state index is 12.5. The highest BCUT2D eigenvalue weighted by atomic mass is 16.5. The van der Waals surface area contributed by atoms with Crippen molar-refractivity contribution < 1.29 is 23.8 Å². The highest BCUT2D eigenvalue weighted by Crippen LogP contribution is 2.20. The minimum absolute atomic E-state index is 0.269. The van der Waals surface area contributed by atoms with Gasteiger partial charge in [-0.25, -0.2) is 4.79 Å². The number of nitrogens with one attached hydrogen (secondary N) is 1. The Morgan fingerprint density at radius 2 is 1.50 bits per heavy atom. The molecule has 1 amide bonds. The lowest BCUT2D eigenvalue weighted by atomic mass is 10.2. The summed E-state index contributed by atoms with van der Waals surface area (Å²) in [7, 11) is 1.57. The van der Waals surface area contributed by atoms with Crippen molar-refractivity contribution in [3.63, 3.8) is 0 Å². The molecular formula is C24H23NO5. The summed E-state index contributed by atoms with van der Waals surface area (Å²) >= 11 is 0. The molecule has 0 unspecified atom stereocenters. The summed E-state index contributed by atoms with van der Waals surface area (Å²) in [5, 5.41) is 2.71. The van der Waals surface area contributed by atoms with Crippen molar-refractivity contribution >= 4 is 11.9 Å². The van der Waals surface area contributed by atoms with Gasteiger partial charge in [-0.1, -0.05) is 60.7 Å². The first-order chi connectivity index (χ1) is 14.7. The molecule has 0 aliphatic carbocycles. The average Bonchev–Trinajstić information content (AvgIpc) is 2.80. The Morgan fingerprint density at radius 3 is 2.27 bits per heavy atom. The second-order valence-corrected chi connectivity index (χ2v) is 6.44. The Balaban J connectivity index is 1.52. The van der Waals surface area contributed by atoms with E-state index >= 15 is 0 Å². The third-order valence-corrected chi connectivity index (χ3v) is 4.35. The molecule has 6 heteroatoms. The van der Waals surface area contributed by atoms with Crippen LogP contribution in [0.15, 0.2) is 78.9 Å². The molecule has 0 saturated heterocycles. The van der Waals surface area contributed by atoms with Crippen molar-refractivity contribution in [3.05, 3.63) is 95.6 Å². The van der Waals surface area contributed by atoms with E-state index in [9.17, 15) is 9.59 Å². The molecule has 6 nitrogen and oxygen atoms in total. The molecule has 0 saturated carbocycles. The molecule has 0 aliphatic rings. The van der Waals surface area contributed by atoms with Crippen molar-refractivity contribution in [2.24, 2.45) is 0 Å². The summed E-state index contributed by atoms with van der Waals surface area (Å²) < 4.78 is 16.2. The van der Waals surface area contributed by atoms with Crippen molar-refractivity contribution in [1.29, 1.82) is 0 Å². The molecule has 0 spiro atoms. The number of methoxy groups -OCH3 is 1. The summed E-state index contributed by atoms with van der Waals surface area (Å²) in [6, 6.07) is 23.8. The maximum absolute atomic E-state index is 12.5. The maximum Gasteiger partial charge on any atom is 0.342 e. The van der Waals surface area contributed by atoms with E-state index in [4.69, 9.17) is 14.2 Å². The zero-order valence-electron chi connectivity index (χ0n) is 16.7. The Hall–Kier alpha value is -3.80. The lowest BCUT2D eigenvalue weighted by Crippen LogP contribution is -2.28. The highest BCUT2D eigenvalue weighted by Gasteiger charge is 2.15. The summed E-state index contributed by atoms with van der Waals surface area (Å²) in [5.41, 5.74) is 2.08. The molecule has 0 fully saturated rings. The van der Waals surface area contributed by atoms with Gasteiger partial charge < -0.3 is 19.5 Å². The third kappa shape index (κ3) is 5.85. The van der Waals surface area contributed by atoms with Gasteiger partial charge in [0.05, 0.1) is 7.11 Å². The van der Waals surface area contributed by atoms with Crippen molar-refractivity contribution in [2.45, 2.75) is 13.2 Å². The molecule has 0 aliphatic heterocycles. The van der Waals surface area contributed by atoms with E-state index in [2.05, 4.69) is 5.32 Å². The number of benzene rings is 3. The van der Waals surface area contributed by atoms with Gasteiger partial charge >= 0.3 is 5.97 Å². The monoisotopic (exact) mass is 405 g/mol. The van der Waals surface area contributed by atoms with Crippen LogP contribution in [0.5, 0.6) is 11.5 Å². The summed E-state index contributed by atoms with van der Waals surface area (Å²) in [6.45, 7) is 0.211. The standard InChI is InChI=1S/C24H23NO5/c1-28-21-13-7-5-11-19(21)15-25-23(26)17-30-24(27)20-12-6-8-14-22(20)29-16-18-9-3-2-4-10-18/h2-14H,15-17H2,1H3,(H,25,26). The Morgan fingerprint density at radius 1 is 0.833 bits per heavy atom. The first-order valence-corrected chi connectivity index (χ1v) is 9.49. The average molecular weight is 405 g/mol. The van der Waals surface area contributed by atoms with Crippen LogP contribution in [-0.4, -0.2) is 25.6 Å². The first-order valence-electron chi connectivity index (χ1n) is 9.49. The van der Waals surface area contributed by atoms with Gasteiger partial charge in [0.25, 0.3) is 5.91 Å². The summed E-state index contributed by atoms with van der Waals surface area (Å²) in [4.78, 5) is 24.5. The van der Waals surface area contributed by atoms with Crippen molar-refractivity contribution in [3.8, 4) is 11.5 Å². The van der Waals surface area contributed by atoms with Gasteiger partial charge in [0.1, 0.15) is 23.7 Å². The van der Waals surface area contributed by atoms with Gasteiger partial charge in [-0.15, -0.1) is 0 Å². The molecule has 0 heterocycles. The Kier molecular flexibility index (Phi) is 7.44. The number of hydrogen-bond donors (Lipinski definition) is 1. The minimum atomic E-state index is -0.619. The van der Waals surface area contributed by atoms with Crippen LogP contribution in [-0.2, 0) is 22.7 Å².